The number of nitrogens with zero attached hydrogens (tertiary/aromatic N) is 2. The molecular weight excluding hydrogens is 271 g/mol. The summed E-state index contributed by atoms with van der Waals surface area (Å²) >= 11 is 0. The maximum atomic E-state index is 13.4. The molecule has 1 aromatic heterocycles. The van der Waals surface area contributed by atoms with Crippen LogP contribution in [0.15, 0.2) is 35.4 Å². The van der Waals surface area contributed by atoms with Crippen LogP contribution in [0.3, 0.4) is 0 Å². The van der Waals surface area contributed by atoms with Crippen LogP contribution in [0, 0.1) is 17.1 Å². The first-order chi connectivity index (χ1) is 9.04. The van der Waals surface area contributed by atoms with Gasteiger partial charge in [-0.25, -0.2) is 17.5 Å². The van der Waals surface area contributed by atoms with Gasteiger partial charge in [0.25, 0.3) is 0 Å². The molecule has 0 atom stereocenters. The summed E-state index contributed by atoms with van der Waals surface area (Å²) in [6, 6.07) is 6.59. The van der Waals surface area contributed by atoms with Gasteiger partial charge in [-0.15, -0.1) is 0 Å². The molecule has 0 aliphatic rings. The van der Waals surface area contributed by atoms with Crippen molar-refractivity contribution < 1.29 is 12.8 Å². The normalized spacial score (nSPS) is 11.2. The highest BCUT2D eigenvalue weighted by Crippen LogP contribution is 2.17. The van der Waals surface area contributed by atoms with E-state index in [1.807, 2.05) is 0 Å². The van der Waals surface area contributed by atoms with E-state index in [-0.39, 0.29) is 11.4 Å². The van der Waals surface area contributed by atoms with Crippen LogP contribution < -0.4 is 4.72 Å². The number of halogens is 1. The average Bonchev–Trinajstić information content (AvgIpc) is 2.89. The first-order valence-electron chi connectivity index (χ1n) is 5.21. The first kappa shape index (κ1) is 13.2. The molecule has 0 spiro atoms. The lowest BCUT2D eigenvalue weighted by Gasteiger charge is -2.07. The molecule has 98 valence electrons. The molecule has 6 nitrogen and oxygen atoms in total. The van der Waals surface area contributed by atoms with E-state index in [0.717, 1.165) is 6.07 Å². The zero-order valence-corrected chi connectivity index (χ0v) is 10.4. The standard InChI is InChI=1S/C11H9FN4O2S/c12-10-2-1-3-11(9(10)6-13)19(17,18)15-7-8-4-5-14-16-8/h1-5,15H,7H2,(H,14,16). The van der Waals surface area contributed by atoms with E-state index in [2.05, 4.69) is 14.9 Å². The lowest BCUT2D eigenvalue weighted by molar-refractivity contribution is 0.575. The van der Waals surface area contributed by atoms with Crippen LogP contribution in [-0.2, 0) is 16.6 Å². The van der Waals surface area contributed by atoms with Gasteiger partial charge in [0, 0.05) is 6.20 Å². The lowest BCUT2D eigenvalue weighted by Crippen LogP contribution is -2.24. The van der Waals surface area contributed by atoms with E-state index < -0.39 is 21.4 Å². The van der Waals surface area contributed by atoms with Crippen molar-refractivity contribution in [2.45, 2.75) is 11.4 Å². The minimum absolute atomic E-state index is 0.0241. The number of hydrogen-bond donors (Lipinski definition) is 2. The number of nitriles is 1. The highest BCUT2D eigenvalue weighted by atomic mass is 32.2. The zero-order valence-electron chi connectivity index (χ0n) is 9.59. The molecule has 0 bridgehead atoms. The van der Waals surface area contributed by atoms with E-state index in [9.17, 15) is 12.8 Å². The van der Waals surface area contributed by atoms with Gasteiger partial charge < -0.3 is 0 Å². The molecule has 2 aromatic rings. The Morgan fingerprint density at radius 2 is 2.21 bits per heavy atom. The van der Waals surface area contributed by atoms with Crippen LogP contribution in [0.5, 0.6) is 0 Å². The molecule has 8 heteroatoms. The maximum absolute atomic E-state index is 13.4. The topological polar surface area (TPSA) is 98.6 Å². The van der Waals surface area contributed by atoms with Gasteiger partial charge in [0.2, 0.25) is 10.0 Å². The Hall–Kier alpha value is -2.24. The minimum atomic E-state index is -3.96. The van der Waals surface area contributed by atoms with E-state index in [4.69, 9.17) is 5.26 Å². The van der Waals surface area contributed by atoms with Gasteiger partial charge in [-0.2, -0.15) is 10.4 Å². The van der Waals surface area contributed by atoms with Gasteiger partial charge >= 0.3 is 0 Å². The van der Waals surface area contributed by atoms with Crippen molar-refractivity contribution in [2.24, 2.45) is 0 Å². The molecule has 1 heterocycles. The average molecular weight is 280 g/mol. The van der Waals surface area contributed by atoms with Crippen molar-refractivity contribution in [3.8, 4) is 6.07 Å². The largest absolute Gasteiger partial charge is 0.281 e. The molecule has 2 N–H and O–H groups in total. The second-order valence-electron chi connectivity index (χ2n) is 3.63. The summed E-state index contributed by atoms with van der Waals surface area (Å²) in [6.45, 7) is -0.0241. The van der Waals surface area contributed by atoms with Gasteiger partial charge in [0.1, 0.15) is 22.3 Å². The van der Waals surface area contributed by atoms with Crippen LogP contribution in [-0.4, -0.2) is 18.6 Å². The number of H-pyrrole nitrogens is 1. The first-order valence-corrected chi connectivity index (χ1v) is 6.69. The molecule has 0 unspecified atom stereocenters. The van der Waals surface area contributed by atoms with Crippen molar-refractivity contribution in [1.82, 2.24) is 14.9 Å². The molecule has 0 amide bonds. The number of sulfonamides is 1. The van der Waals surface area contributed by atoms with Crippen LogP contribution >= 0.6 is 0 Å². The molecule has 1 aromatic carbocycles. The van der Waals surface area contributed by atoms with Crippen molar-refractivity contribution in [3.63, 3.8) is 0 Å². The predicted molar refractivity (Wildman–Crippen MR) is 63.7 cm³/mol. The molecule has 19 heavy (non-hydrogen) atoms. The Morgan fingerprint density at radius 3 is 2.84 bits per heavy atom. The summed E-state index contributed by atoms with van der Waals surface area (Å²) in [5, 5.41) is 15.1. The van der Waals surface area contributed by atoms with E-state index in [1.54, 1.807) is 12.1 Å². The van der Waals surface area contributed by atoms with Crippen molar-refractivity contribution in [1.29, 1.82) is 5.26 Å². The third kappa shape index (κ3) is 2.78. The van der Waals surface area contributed by atoms with Crippen LogP contribution in [0.1, 0.15) is 11.3 Å². The molecule has 0 radical (unpaired) electrons. The van der Waals surface area contributed by atoms with Gasteiger partial charge in [0.05, 0.1) is 12.2 Å². The Morgan fingerprint density at radius 1 is 1.42 bits per heavy atom. The number of nitrogens with one attached hydrogen (secondary N) is 2. The number of benzene rings is 1. The van der Waals surface area contributed by atoms with Crippen LogP contribution in [0.25, 0.3) is 0 Å². The Kier molecular flexibility index (Phi) is 3.59. The molecule has 2 rings (SSSR count). The number of aromatic amines is 1. The maximum Gasteiger partial charge on any atom is 0.242 e. The van der Waals surface area contributed by atoms with E-state index >= 15 is 0 Å². The summed E-state index contributed by atoms with van der Waals surface area (Å²) < 4.78 is 39.6. The van der Waals surface area contributed by atoms with Crippen LogP contribution in [0.2, 0.25) is 0 Å². The van der Waals surface area contributed by atoms with Gasteiger partial charge in [-0.05, 0) is 18.2 Å². The van der Waals surface area contributed by atoms with Crippen molar-refractivity contribution in [3.05, 3.63) is 47.5 Å². The summed E-state index contributed by atoms with van der Waals surface area (Å²) in [6.07, 6.45) is 1.48. The molecule has 0 fully saturated rings. The SMILES string of the molecule is N#Cc1c(F)cccc1S(=O)(=O)NCc1ccn[nH]1. The predicted octanol–water partition coefficient (Wildman–Crippen LogP) is 0.899. The Labute approximate surface area is 108 Å². The van der Waals surface area contributed by atoms with Crippen molar-refractivity contribution in [2.75, 3.05) is 0 Å². The number of rotatable bonds is 4. The summed E-state index contributed by atoms with van der Waals surface area (Å²) in [4.78, 5) is -0.380. The number of hydrogen-bond acceptors (Lipinski definition) is 4. The third-order valence-electron chi connectivity index (χ3n) is 2.39. The van der Waals surface area contributed by atoms with Gasteiger partial charge in [0.15, 0.2) is 0 Å². The third-order valence-corrected chi connectivity index (χ3v) is 3.83. The molecule has 0 saturated carbocycles. The summed E-state index contributed by atoms with van der Waals surface area (Å²) in [7, 11) is -3.96. The highest BCUT2D eigenvalue weighted by Gasteiger charge is 2.20. The quantitative estimate of drug-likeness (QED) is 0.869. The smallest absolute Gasteiger partial charge is 0.242 e. The minimum Gasteiger partial charge on any atom is -0.281 e. The van der Waals surface area contributed by atoms with Gasteiger partial charge in [-0.1, -0.05) is 6.07 Å². The molecular formula is C11H9FN4O2S. The fourth-order valence-corrected chi connectivity index (χ4v) is 2.64. The second kappa shape index (κ2) is 5.17. The summed E-state index contributed by atoms with van der Waals surface area (Å²) in [5.41, 5.74) is 0.0538. The fraction of sp³-hybridized carbons (Fsp3) is 0.0909. The van der Waals surface area contributed by atoms with Gasteiger partial charge in [-0.3, -0.25) is 5.10 Å². The summed E-state index contributed by atoms with van der Waals surface area (Å²) in [5.74, 6) is -0.869. The fourth-order valence-electron chi connectivity index (χ4n) is 1.47. The lowest BCUT2D eigenvalue weighted by atomic mass is 10.2. The van der Waals surface area contributed by atoms with E-state index in [0.29, 0.717) is 5.69 Å². The Balaban J connectivity index is 2.30. The highest BCUT2D eigenvalue weighted by molar-refractivity contribution is 7.89. The van der Waals surface area contributed by atoms with Crippen molar-refractivity contribution >= 4 is 10.0 Å². The number of aromatic nitrogens is 2. The Bertz CT molecular complexity index is 720. The van der Waals surface area contributed by atoms with E-state index in [1.165, 1.54) is 18.3 Å². The monoisotopic (exact) mass is 280 g/mol. The zero-order chi connectivity index (χ0) is 13.9. The second-order valence-corrected chi connectivity index (χ2v) is 5.37. The molecule has 0 aliphatic heterocycles. The molecule has 0 aliphatic carbocycles. The van der Waals surface area contributed by atoms with Crippen LogP contribution in [0.4, 0.5) is 4.39 Å². The molecule has 0 saturated heterocycles.